The fourth-order valence-corrected chi connectivity index (χ4v) is 4.56. The molecule has 6 nitrogen and oxygen atoms in total. The predicted molar refractivity (Wildman–Crippen MR) is 104 cm³/mol. The van der Waals surface area contributed by atoms with E-state index in [4.69, 9.17) is 0 Å². The van der Waals surface area contributed by atoms with Crippen LogP contribution in [0.25, 0.3) is 0 Å². The molecule has 0 radical (unpaired) electrons. The van der Waals surface area contributed by atoms with Crippen LogP contribution in [0, 0.1) is 17.8 Å². The summed E-state index contributed by atoms with van der Waals surface area (Å²) in [6, 6.07) is 0. The summed E-state index contributed by atoms with van der Waals surface area (Å²) >= 11 is 0. The molecular weight excluding hydrogens is 336 g/mol. The van der Waals surface area contributed by atoms with E-state index in [9.17, 15) is 8.42 Å². The van der Waals surface area contributed by atoms with Crippen molar-refractivity contribution in [3.63, 3.8) is 0 Å². The molecule has 0 amide bonds. The molecule has 7 heteroatoms. The Bertz CT molecular complexity index is 529. The summed E-state index contributed by atoms with van der Waals surface area (Å²) in [5, 5.41) is 3.31. The van der Waals surface area contributed by atoms with Gasteiger partial charge in [0.1, 0.15) is 0 Å². The molecule has 0 aromatic carbocycles. The van der Waals surface area contributed by atoms with Crippen LogP contribution in [0.15, 0.2) is 4.99 Å². The third kappa shape index (κ3) is 7.13. The standard InChI is InChI=1S/C18H36N4O2S/c1-4-19-18(22-10-8-17(14-22)12-15(2)3)20-9-11-25(23,24)21-13-16-6-5-7-16/h15-17,21H,4-14H2,1-3H3,(H,19,20). The van der Waals surface area contributed by atoms with Crippen LogP contribution in [0.2, 0.25) is 0 Å². The molecule has 0 aromatic heterocycles. The number of nitrogens with zero attached hydrogens (tertiary/aromatic N) is 2. The van der Waals surface area contributed by atoms with Gasteiger partial charge in [-0.25, -0.2) is 13.1 Å². The van der Waals surface area contributed by atoms with E-state index >= 15 is 0 Å². The first-order valence-electron chi connectivity index (χ1n) is 9.90. The van der Waals surface area contributed by atoms with Gasteiger partial charge in [0.15, 0.2) is 5.96 Å². The molecule has 1 aliphatic heterocycles. The summed E-state index contributed by atoms with van der Waals surface area (Å²) in [6.45, 7) is 10.3. The second-order valence-corrected chi connectivity index (χ2v) is 9.86. The molecule has 0 bridgehead atoms. The maximum Gasteiger partial charge on any atom is 0.213 e. The first kappa shape index (κ1) is 20.5. The minimum absolute atomic E-state index is 0.0673. The number of sulfonamides is 1. The zero-order valence-electron chi connectivity index (χ0n) is 16.1. The smallest absolute Gasteiger partial charge is 0.213 e. The monoisotopic (exact) mass is 372 g/mol. The first-order chi connectivity index (χ1) is 11.9. The maximum atomic E-state index is 12.1. The van der Waals surface area contributed by atoms with Crippen molar-refractivity contribution in [2.45, 2.75) is 52.9 Å². The van der Waals surface area contributed by atoms with Crippen molar-refractivity contribution < 1.29 is 8.42 Å². The highest BCUT2D eigenvalue weighted by Gasteiger charge is 2.25. The molecule has 0 spiro atoms. The molecule has 0 aromatic rings. The molecule has 1 unspecified atom stereocenters. The largest absolute Gasteiger partial charge is 0.357 e. The Labute approximate surface area is 153 Å². The summed E-state index contributed by atoms with van der Waals surface area (Å²) < 4.78 is 26.9. The van der Waals surface area contributed by atoms with E-state index in [1.165, 1.54) is 19.3 Å². The van der Waals surface area contributed by atoms with E-state index in [1.54, 1.807) is 0 Å². The highest BCUT2D eigenvalue weighted by Crippen LogP contribution is 2.25. The summed E-state index contributed by atoms with van der Waals surface area (Å²) in [7, 11) is -3.22. The summed E-state index contributed by atoms with van der Waals surface area (Å²) in [5.41, 5.74) is 0. The Kier molecular flexibility index (Phi) is 8.00. The van der Waals surface area contributed by atoms with E-state index in [0.717, 1.165) is 50.3 Å². The van der Waals surface area contributed by atoms with Crippen LogP contribution in [-0.4, -0.2) is 57.8 Å². The minimum Gasteiger partial charge on any atom is -0.357 e. The van der Waals surface area contributed by atoms with Crippen molar-refractivity contribution >= 4 is 16.0 Å². The molecule has 146 valence electrons. The Morgan fingerprint density at radius 2 is 2.00 bits per heavy atom. The number of nitrogens with one attached hydrogen (secondary N) is 2. The molecule has 1 saturated heterocycles. The minimum atomic E-state index is -3.22. The molecule has 2 aliphatic rings. The van der Waals surface area contributed by atoms with E-state index in [1.807, 2.05) is 6.92 Å². The fourth-order valence-electron chi connectivity index (χ4n) is 3.60. The first-order valence-corrected chi connectivity index (χ1v) is 11.6. The van der Waals surface area contributed by atoms with Gasteiger partial charge in [0.2, 0.25) is 10.0 Å². The molecule has 1 saturated carbocycles. The number of aliphatic imine (C=N–C) groups is 1. The number of hydrogen-bond donors (Lipinski definition) is 2. The van der Waals surface area contributed by atoms with Crippen LogP contribution >= 0.6 is 0 Å². The van der Waals surface area contributed by atoms with Gasteiger partial charge in [-0.15, -0.1) is 0 Å². The van der Waals surface area contributed by atoms with Crippen LogP contribution < -0.4 is 10.0 Å². The molecule has 2 fully saturated rings. The van der Waals surface area contributed by atoms with Crippen molar-refractivity contribution in [2.75, 3.05) is 38.5 Å². The molecule has 1 heterocycles. The maximum absolute atomic E-state index is 12.1. The SMILES string of the molecule is CCNC(=NCCS(=O)(=O)NCC1CCC1)N1CCC(CC(C)C)C1. The van der Waals surface area contributed by atoms with Gasteiger partial charge < -0.3 is 10.2 Å². The molecule has 2 N–H and O–H groups in total. The van der Waals surface area contributed by atoms with Gasteiger partial charge in [-0.05, 0) is 50.4 Å². The van der Waals surface area contributed by atoms with Crippen molar-refractivity contribution in [1.29, 1.82) is 0 Å². The second kappa shape index (κ2) is 9.76. The van der Waals surface area contributed by atoms with Gasteiger partial charge in [0.25, 0.3) is 0 Å². The molecule has 1 aliphatic carbocycles. The van der Waals surface area contributed by atoms with Gasteiger partial charge in [-0.2, -0.15) is 0 Å². The van der Waals surface area contributed by atoms with Crippen LogP contribution in [0.5, 0.6) is 0 Å². The lowest BCUT2D eigenvalue weighted by molar-refractivity contribution is 0.316. The average molecular weight is 373 g/mol. The highest BCUT2D eigenvalue weighted by atomic mass is 32.2. The summed E-state index contributed by atoms with van der Waals surface area (Å²) in [6.07, 6.45) is 5.98. The number of hydrogen-bond acceptors (Lipinski definition) is 3. The van der Waals surface area contributed by atoms with E-state index in [0.29, 0.717) is 19.0 Å². The van der Waals surface area contributed by atoms with Gasteiger partial charge in [-0.3, -0.25) is 4.99 Å². The van der Waals surface area contributed by atoms with Crippen LogP contribution in [0.3, 0.4) is 0 Å². The molecule has 25 heavy (non-hydrogen) atoms. The van der Waals surface area contributed by atoms with E-state index in [2.05, 4.69) is 33.8 Å². The Hall–Kier alpha value is -0.820. The fraction of sp³-hybridized carbons (Fsp3) is 0.944. The lowest BCUT2D eigenvalue weighted by atomic mass is 9.86. The lowest BCUT2D eigenvalue weighted by Crippen LogP contribution is -2.40. The zero-order valence-corrected chi connectivity index (χ0v) is 16.9. The van der Waals surface area contributed by atoms with Gasteiger partial charge >= 0.3 is 0 Å². The molecule has 1 atom stereocenters. The quantitative estimate of drug-likeness (QED) is 0.480. The number of likely N-dealkylation sites (tertiary alicyclic amines) is 1. The lowest BCUT2D eigenvalue weighted by Gasteiger charge is -2.25. The van der Waals surface area contributed by atoms with Gasteiger partial charge in [-0.1, -0.05) is 20.3 Å². The Balaban J connectivity index is 1.80. The zero-order chi connectivity index (χ0) is 18.3. The van der Waals surface area contributed by atoms with E-state index < -0.39 is 10.0 Å². The van der Waals surface area contributed by atoms with Crippen molar-refractivity contribution in [3.8, 4) is 0 Å². The molecular formula is C18H36N4O2S. The van der Waals surface area contributed by atoms with Gasteiger partial charge in [0, 0.05) is 26.2 Å². The third-order valence-electron chi connectivity index (χ3n) is 5.16. The van der Waals surface area contributed by atoms with Crippen molar-refractivity contribution in [3.05, 3.63) is 0 Å². The van der Waals surface area contributed by atoms with Crippen LogP contribution in [0.4, 0.5) is 0 Å². The molecule has 2 rings (SSSR count). The Morgan fingerprint density at radius 1 is 1.24 bits per heavy atom. The highest BCUT2D eigenvalue weighted by molar-refractivity contribution is 7.89. The normalized spacial score (nSPS) is 22.5. The number of rotatable bonds is 9. The summed E-state index contributed by atoms with van der Waals surface area (Å²) in [5.74, 6) is 2.91. The predicted octanol–water partition coefficient (Wildman–Crippen LogP) is 2.04. The number of guanidine groups is 1. The van der Waals surface area contributed by atoms with Crippen LogP contribution in [-0.2, 0) is 10.0 Å². The van der Waals surface area contributed by atoms with E-state index in [-0.39, 0.29) is 5.75 Å². The van der Waals surface area contributed by atoms with Gasteiger partial charge in [0.05, 0.1) is 12.3 Å². The summed E-state index contributed by atoms with van der Waals surface area (Å²) in [4.78, 5) is 6.85. The van der Waals surface area contributed by atoms with Crippen LogP contribution in [0.1, 0.15) is 52.9 Å². The topological polar surface area (TPSA) is 73.8 Å². The second-order valence-electron chi connectivity index (χ2n) is 7.93. The average Bonchev–Trinajstić information content (AvgIpc) is 2.92. The third-order valence-corrected chi connectivity index (χ3v) is 6.49. The Morgan fingerprint density at radius 3 is 2.60 bits per heavy atom. The van der Waals surface area contributed by atoms with Crippen molar-refractivity contribution in [1.82, 2.24) is 14.9 Å². The van der Waals surface area contributed by atoms with Crippen molar-refractivity contribution in [2.24, 2.45) is 22.7 Å².